The van der Waals surface area contributed by atoms with Gasteiger partial charge < -0.3 is 15.5 Å². The third-order valence-corrected chi connectivity index (χ3v) is 6.81. The summed E-state index contributed by atoms with van der Waals surface area (Å²) in [7, 11) is 4.28. The van der Waals surface area contributed by atoms with Gasteiger partial charge >= 0.3 is 0 Å². The minimum Gasteiger partial charge on any atom is -0.373 e. The first-order valence-electron chi connectivity index (χ1n) is 10.6. The molecule has 1 aliphatic heterocycles. The Balaban J connectivity index is 1.45. The van der Waals surface area contributed by atoms with Gasteiger partial charge in [0.2, 0.25) is 5.91 Å². The summed E-state index contributed by atoms with van der Waals surface area (Å²) in [6, 6.07) is 9.17. The molecular weight excluding hydrogens is 401 g/mol. The second-order valence-electron chi connectivity index (χ2n) is 8.85. The number of amides is 1. The Morgan fingerprint density at radius 3 is 2.57 bits per heavy atom. The molecule has 1 amide bonds. The van der Waals surface area contributed by atoms with Crippen LogP contribution >= 0.6 is 11.6 Å². The SMILES string of the molecule is Cc1ccc(F)c2c1NC(C(=O)Nc1cc(Cl)cc(C3CCC(N(C)C)CC3)c1)C2. The summed E-state index contributed by atoms with van der Waals surface area (Å²) in [5.74, 6) is 0.0208. The third kappa shape index (κ3) is 4.33. The number of hydrogen-bond acceptors (Lipinski definition) is 3. The highest BCUT2D eigenvalue weighted by Crippen LogP contribution is 2.37. The van der Waals surface area contributed by atoms with Gasteiger partial charge in [0.1, 0.15) is 11.9 Å². The Hall–Kier alpha value is -2.11. The fourth-order valence-corrected chi connectivity index (χ4v) is 5.05. The second-order valence-corrected chi connectivity index (χ2v) is 9.29. The number of halogens is 2. The Kier molecular flexibility index (Phi) is 6.03. The van der Waals surface area contributed by atoms with Crippen molar-refractivity contribution in [1.82, 2.24) is 4.90 Å². The predicted octanol–water partition coefficient (Wildman–Crippen LogP) is 5.35. The van der Waals surface area contributed by atoms with Crippen LogP contribution in [0.1, 0.15) is 48.3 Å². The zero-order chi connectivity index (χ0) is 21.4. The first-order valence-corrected chi connectivity index (χ1v) is 11.0. The van der Waals surface area contributed by atoms with Crippen molar-refractivity contribution in [2.24, 2.45) is 0 Å². The minimum absolute atomic E-state index is 0.172. The van der Waals surface area contributed by atoms with Crippen LogP contribution in [0.3, 0.4) is 0 Å². The third-order valence-electron chi connectivity index (χ3n) is 6.59. The molecule has 1 fully saturated rings. The van der Waals surface area contributed by atoms with Crippen molar-refractivity contribution in [3.8, 4) is 0 Å². The fraction of sp³-hybridized carbons (Fsp3) is 0.458. The van der Waals surface area contributed by atoms with Crippen LogP contribution in [0, 0.1) is 12.7 Å². The molecule has 0 radical (unpaired) electrons. The van der Waals surface area contributed by atoms with E-state index in [0.29, 0.717) is 34.7 Å². The molecule has 4 rings (SSSR count). The van der Waals surface area contributed by atoms with E-state index in [-0.39, 0.29) is 11.7 Å². The van der Waals surface area contributed by atoms with Gasteiger partial charge in [0, 0.05) is 34.4 Å². The van der Waals surface area contributed by atoms with Crippen molar-refractivity contribution >= 4 is 28.9 Å². The molecular formula is C24H29ClFN3O. The standard InChI is InChI=1S/C24H29ClFN3O/c1-14-4-9-21(26)20-13-22(28-23(14)20)24(30)27-18-11-16(10-17(25)12-18)15-5-7-19(8-6-15)29(2)3/h4,9-12,15,19,22,28H,5-8,13H2,1-3H3,(H,27,30). The Labute approximate surface area is 182 Å². The van der Waals surface area contributed by atoms with Crippen molar-refractivity contribution in [2.75, 3.05) is 24.7 Å². The van der Waals surface area contributed by atoms with Gasteiger partial charge in [-0.25, -0.2) is 4.39 Å². The number of rotatable bonds is 4. The van der Waals surface area contributed by atoms with Gasteiger partial charge in [0.25, 0.3) is 0 Å². The largest absolute Gasteiger partial charge is 0.373 e. The van der Waals surface area contributed by atoms with Gasteiger partial charge in [-0.2, -0.15) is 0 Å². The summed E-state index contributed by atoms with van der Waals surface area (Å²) in [4.78, 5) is 15.2. The first-order chi connectivity index (χ1) is 14.3. The summed E-state index contributed by atoms with van der Waals surface area (Å²) in [6.45, 7) is 1.92. The van der Waals surface area contributed by atoms with Crippen LogP contribution in [0.4, 0.5) is 15.8 Å². The number of benzene rings is 2. The lowest BCUT2D eigenvalue weighted by Crippen LogP contribution is -2.33. The van der Waals surface area contributed by atoms with Gasteiger partial charge in [-0.05, 0) is 88.0 Å². The molecule has 1 heterocycles. The Morgan fingerprint density at radius 1 is 1.17 bits per heavy atom. The molecule has 0 spiro atoms. The lowest BCUT2D eigenvalue weighted by Gasteiger charge is -2.33. The zero-order valence-electron chi connectivity index (χ0n) is 17.8. The van der Waals surface area contributed by atoms with E-state index in [2.05, 4.69) is 29.6 Å². The van der Waals surface area contributed by atoms with E-state index >= 15 is 0 Å². The van der Waals surface area contributed by atoms with Crippen LogP contribution in [-0.2, 0) is 11.2 Å². The normalized spacial score (nSPS) is 23.2. The summed E-state index contributed by atoms with van der Waals surface area (Å²) in [5, 5.41) is 6.80. The number of nitrogens with zero attached hydrogens (tertiary/aromatic N) is 1. The van der Waals surface area contributed by atoms with Crippen LogP contribution in [-0.4, -0.2) is 37.0 Å². The average Bonchev–Trinajstić information content (AvgIpc) is 3.17. The van der Waals surface area contributed by atoms with E-state index in [4.69, 9.17) is 11.6 Å². The van der Waals surface area contributed by atoms with Crippen LogP contribution in [0.25, 0.3) is 0 Å². The molecule has 2 aromatic rings. The number of carbonyl (C=O) groups excluding carboxylic acids is 1. The number of fused-ring (bicyclic) bond motifs is 1. The van der Waals surface area contributed by atoms with Crippen molar-refractivity contribution in [3.63, 3.8) is 0 Å². The number of carbonyl (C=O) groups is 1. The monoisotopic (exact) mass is 429 g/mol. The maximum atomic E-state index is 14.1. The van der Waals surface area contributed by atoms with Gasteiger partial charge in [-0.15, -0.1) is 0 Å². The molecule has 1 saturated carbocycles. The van der Waals surface area contributed by atoms with Crippen molar-refractivity contribution in [2.45, 2.75) is 57.0 Å². The minimum atomic E-state index is -0.492. The Bertz CT molecular complexity index is 923. The molecule has 6 heteroatoms. The van der Waals surface area contributed by atoms with Crippen LogP contribution in [0.5, 0.6) is 0 Å². The molecule has 1 aliphatic carbocycles. The van der Waals surface area contributed by atoms with Crippen molar-refractivity contribution < 1.29 is 9.18 Å². The number of nitrogens with one attached hydrogen (secondary N) is 2. The van der Waals surface area contributed by atoms with Crippen LogP contribution in [0.2, 0.25) is 5.02 Å². The first kappa shape index (κ1) is 21.1. The molecule has 1 unspecified atom stereocenters. The van der Waals surface area contributed by atoms with Crippen LogP contribution < -0.4 is 10.6 Å². The highest BCUT2D eigenvalue weighted by Gasteiger charge is 2.30. The predicted molar refractivity (Wildman–Crippen MR) is 121 cm³/mol. The molecule has 2 N–H and O–H groups in total. The Morgan fingerprint density at radius 2 is 1.90 bits per heavy atom. The van der Waals surface area contributed by atoms with E-state index in [1.807, 2.05) is 19.1 Å². The lowest BCUT2D eigenvalue weighted by atomic mass is 9.81. The van der Waals surface area contributed by atoms with E-state index in [1.54, 1.807) is 12.1 Å². The number of anilines is 2. The molecule has 0 bridgehead atoms. The molecule has 0 saturated heterocycles. The molecule has 2 aromatic carbocycles. The maximum absolute atomic E-state index is 14.1. The van der Waals surface area contributed by atoms with E-state index in [9.17, 15) is 9.18 Å². The molecule has 2 aliphatic rings. The second kappa shape index (κ2) is 8.56. The van der Waals surface area contributed by atoms with E-state index in [0.717, 1.165) is 24.1 Å². The van der Waals surface area contributed by atoms with Crippen molar-refractivity contribution in [3.05, 3.63) is 57.9 Å². The molecule has 30 heavy (non-hydrogen) atoms. The van der Waals surface area contributed by atoms with E-state index < -0.39 is 6.04 Å². The quantitative estimate of drug-likeness (QED) is 0.688. The highest BCUT2D eigenvalue weighted by molar-refractivity contribution is 6.31. The van der Waals surface area contributed by atoms with Crippen LogP contribution in [0.15, 0.2) is 30.3 Å². The maximum Gasteiger partial charge on any atom is 0.247 e. The fourth-order valence-electron chi connectivity index (χ4n) is 4.80. The topological polar surface area (TPSA) is 44.4 Å². The van der Waals surface area contributed by atoms with Gasteiger partial charge in [-0.3, -0.25) is 4.79 Å². The van der Waals surface area contributed by atoms with E-state index in [1.165, 1.54) is 24.5 Å². The van der Waals surface area contributed by atoms with Gasteiger partial charge in [-0.1, -0.05) is 17.7 Å². The summed E-state index contributed by atoms with van der Waals surface area (Å²) in [5.41, 5.74) is 4.14. The molecule has 4 nitrogen and oxygen atoms in total. The highest BCUT2D eigenvalue weighted by atomic mass is 35.5. The van der Waals surface area contributed by atoms with Gasteiger partial charge in [0.15, 0.2) is 0 Å². The van der Waals surface area contributed by atoms with Gasteiger partial charge in [0.05, 0.1) is 0 Å². The van der Waals surface area contributed by atoms with Crippen molar-refractivity contribution in [1.29, 1.82) is 0 Å². The molecule has 0 aromatic heterocycles. The number of aryl methyl sites for hydroxylation is 1. The summed E-state index contributed by atoms with van der Waals surface area (Å²) < 4.78 is 14.1. The smallest absolute Gasteiger partial charge is 0.247 e. The molecule has 160 valence electrons. The summed E-state index contributed by atoms with van der Waals surface area (Å²) >= 11 is 6.38. The molecule has 1 atom stereocenters. The average molecular weight is 430 g/mol. The zero-order valence-corrected chi connectivity index (χ0v) is 18.5. The number of hydrogen-bond donors (Lipinski definition) is 2. The lowest BCUT2D eigenvalue weighted by molar-refractivity contribution is -0.116. The summed E-state index contributed by atoms with van der Waals surface area (Å²) in [6.07, 6.45) is 4.92.